The monoisotopic (exact) mass is 193 g/mol. The molecule has 2 saturated carbocycles. The highest BCUT2D eigenvalue weighted by Gasteiger charge is 2.49. The van der Waals surface area contributed by atoms with E-state index >= 15 is 0 Å². The van der Waals surface area contributed by atoms with Gasteiger partial charge in [0, 0.05) is 19.1 Å². The lowest BCUT2D eigenvalue weighted by molar-refractivity contribution is 0.149. The Hall–Kier alpha value is -0.0400. The zero-order valence-corrected chi connectivity index (χ0v) is 9.63. The fourth-order valence-corrected chi connectivity index (χ4v) is 3.70. The Bertz CT molecular complexity index is 229. The Kier molecular flexibility index (Phi) is 1.96. The molecule has 0 radical (unpaired) electrons. The number of hydrogen-bond donors (Lipinski definition) is 0. The van der Waals surface area contributed by atoms with Crippen LogP contribution in [-0.2, 0) is 0 Å². The second-order valence-electron chi connectivity index (χ2n) is 6.28. The minimum absolute atomic E-state index is 0.741. The predicted molar refractivity (Wildman–Crippen MR) is 59.2 cm³/mol. The van der Waals surface area contributed by atoms with Crippen molar-refractivity contribution in [2.24, 2.45) is 17.3 Å². The summed E-state index contributed by atoms with van der Waals surface area (Å²) in [6, 6.07) is 0.983. The SMILES string of the molecule is CC(C)C1(CN2C[C@@H]3CC[C@H]2C3)CC1. The largest absolute Gasteiger partial charge is 0.300 e. The molecule has 0 aromatic carbocycles. The van der Waals surface area contributed by atoms with Crippen LogP contribution in [0.2, 0.25) is 0 Å². The minimum atomic E-state index is 0.741. The molecule has 14 heavy (non-hydrogen) atoms. The fraction of sp³-hybridized carbons (Fsp3) is 1.00. The number of rotatable bonds is 3. The maximum absolute atomic E-state index is 2.82. The van der Waals surface area contributed by atoms with Crippen molar-refractivity contribution in [3.05, 3.63) is 0 Å². The number of nitrogens with zero attached hydrogens (tertiary/aromatic N) is 1. The van der Waals surface area contributed by atoms with Crippen LogP contribution in [0, 0.1) is 17.3 Å². The molecular weight excluding hydrogens is 170 g/mol. The second kappa shape index (κ2) is 2.98. The highest BCUT2D eigenvalue weighted by molar-refractivity contribution is 5.02. The van der Waals surface area contributed by atoms with Crippen LogP contribution in [0.5, 0.6) is 0 Å². The summed E-state index contributed by atoms with van der Waals surface area (Å²) in [6.45, 7) is 7.69. The van der Waals surface area contributed by atoms with E-state index in [1.165, 1.54) is 45.2 Å². The standard InChI is InChI=1S/C13H23N/c1-10(2)13(5-6-13)9-14-8-11-3-4-12(14)7-11/h10-12H,3-9H2,1-2H3/t11-,12+/m1/s1. The normalized spacial score (nSPS) is 39.6. The molecule has 3 fully saturated rings. The lowest BCUT2D eigenvalue weighted by atomic mass is 9.91. The van der Waals surface area contributed by atoms with Gasteiger partial charge in [0.25, 0.3) is 0 Å². The maximum Gasteiger partial charge on any atom is 0.00988 e. The van der Waals surface area contributed by atoms with E-state index in [4.69, 9.17) is 0 Å². The predicted octanol–water partition coefficient (Wildman–Crippen LogP) is 2.91. The van der Waals surface area contributed by atoms with E-state index in [-0.39, 0.29) is 0 Å². The maximum atomic E-state index is 2.82. The minimum Gasteiger partial charge on any atom is -0.300 e. The number of hydrogen-bond acceptors (Lipinski definition) is 1. The third kappa shape index (κ3) is 1.32. The van der Waals surface area contributed by atoms with Crippen LogP contribution in [0.1, 0.15) is 46.0 Å². The van der Waals surface area contributed by atoms with Crippen LogP contribution in [0.3, 0.4) is 0 Å². The topological polar surface area (TPSA) is 3.24 Å². The van der Waals surface area contributed by atoms with E-state index in [0.717, 1.165) is 23.3 Å². The molecule has 0 N–H and O–H groups in total. The first-order valence-electron chi connectivity index (χ1n) is 6.44. The van der Waals surface area contributed by atoms with Crippen LogP contribution in [-0.4, -0.2) is 24.0 Å². The second-order valence-corrected chi connectivity index (χ2v) is 6.28. The Balaban J connectivity index is 1.63. The lowest BCUT2D eigenvalue weighted by Gasteiger charge is -2.32. The van der Waals surface area contributed by atoms with Gasteiger partial charge in [0.15, 0.2) is 0 Å². The van der Waals surface area contributed by atoms with Crippen molar-refractivity contribution in [3.63, 3.8) is 0 Å². The molecule has 1 heterocycles. The molecule has 0 amide bonds. The van der Waals surface area contributed by atoms with Crippen LogP contribution in [0.25, 0.3) is 0 Å². The molecule has 1 heteroatoms. The fourth-order valence-electron chi connectivity index (χ4n) is 3.70. The summed E-state index contributed by atoms with van der Waals surface area (Å²) in [5.74, 6) is 1.98. The average molecular weight is 193 g/mol. The van der Waals surface area contributed by atoms with Crippen molar-refractivity contribution in [2.45, 2.75) is 52.0 Å². The Morgan fingerprint density at radius 1 is 1.29 bits per heavy atom. The van der Waals surface area contributed by atoms with Gasteiger partial charge in [0.2, 0.25) is 0 Å². The van der Waals surface area contributed by atoms with E-state index in [1.807, 2.05) is 0 Å². The van der Waals surface area contributed by atoms with Gasteiger partial charge in [-0.05, 0) is 49.4 Å². The Morgan fingerprint density at radius 3 is 2.50 bits per heavy atom. The van der Waals surface area contributed by atoms with E-state index in [2.05, 4.69) is 18.7 Å². The van der Waals surface area contributed by atoms with E-state index in [1.54, 1.807) is 0 Å². The summed E-state index contributed by atoms with van der Waals surface area (Å²) < 4.78 is 0. The van der Waals surface area contributed by atoms with E-state index in [9.17, 15) is 0 Å². The molecule has 0 aromatic heterocycles. The molecule has 2 bridgehead atoms. The van der Waals surface area contributed by atoms with Crippen LogP contribution >= 0.6 is 0 Å². The van der Waals surface area contributed by atoms with Gasteiger partial charge < -0.3 is 0 Å². The highest BCUT2D eigenvalue weighted by atomic mass is 15.2. The summed E-state index contributed by atoms with van der Waals surface area (Å²) in [7, 11) is 0. The van der Waals surface area contributed by atoms with Crippen molar-refractivity contribution in [1.82, 2.24) is 4.90 Å². The van der Waals surface area contributed by atoms with E-state index < -0.39 is 0 Å². The van der Waals surface area contributed by atoms with Gasteiger partial charge in [0.05, 0.1) is 0 Å². The Labute approximate surface area is 87.9 Å². The van der Waals surface area contributed by atoms with Gasteiger partial charge in [-0.3, -0.25) is 4.90 Å². The molecule has 2 atom stereocenters. The molecule has 1 saturated heterocycles. The van der Waals surface area contributed by atoms with Gasteiger partial charge in [-0.25, -0.2) is 0 Å². The lowest BCUT2D eigenvalue weighted by Crippen LogP contribution is -2.38. The molecule has 80 valence electrons. The van der Waals surface area contributed by atoms with Crippen LogP contribution in [0.4, 0.5) is 0 Å². The van der Waals surface area contributed by atoms with Crippen LogP contribution in [0.15, 0.2) is 0 Å². The zero-order chi connectivity index (χ0) is 9.76. The third-order valence-corrected chi connectivity index (χ3v) is 5.16. The summed E-state index contributed by atoms with van der Waals surface area (Å²) >= 11 is 0. The average Bonchev–Trinajstić information content (AvgIpc) is 2.66. The molecule has 0 unspecified atom stereocenters. The van der Waals surface area contributed by atoms with Gasteiger partial charge in [-0.2, -0.15) is 0 Å². The van der Waals surface area contributed by atoms with Crippen molar-refractivity contribution in [3.8, 4) is 0 Å². The summed E-state index contributed by atoms with van der Waals surface area (Å²) in [6.07, 6.45) is 7.54. The summed E-state index contributed by atoms with van der Waals surface area (Å²) in [5.41, 5.74) is 0.741. The van der Waals surface area contributed by atoms with Gasteiger partial charge in [-0.1, -0.05) is 13.8 Å². The summed E-state index contributed by atoms with van der Waals surface area (Å²) in [5, 5.41) is 0. The third-order valence-electron chi connectivity index (χ3n) is 5.16. The molecule has 0 spiro atoms. The first kappa shape index (κ1) is 9.21. The highest BCUT2D eigenvalue weighted by Crippen LogP contribution is 2.54. The van der Waals surface area contributed by atoms with E-state index in [0.29, 0.717) is 0 Å². The van der Waals surface area contributed by atoms with Gasteiger partial charge in [-0.15, -0.1) is 0 Å². The molecule has 1 nitrogen and oxygen atoms in total. The molecule has 1 aliphatic heterocycles. The zero-order valence-electron chi connectivity index (χ0n) is 9.63. The first-order valence-corrected chi connectivity index (χ1v) is 6.44. The number of fused-ring (bicyclic) bond motifs is 2. The first-order chi connectivity index (χ1) is 6.70. The quantitative estimate of drug-likeness (QED) is 0.666. The van der Waals surface area contributed by atoms with Crippen molar-refractivity contribution < 1.29 is 0 Å². The molecule has 0 aromatic rings. The van der Waals surface area contributed by atoms with Gasteiger partial charge >= 0.3 is 0 Å². The number of piperidine rings is 1. The Morgan fingerprint density at radius 2 is 2.07 bits per heavy atom. The van der Waals surface area contributed by atoms with Crippen molar-refractivity contribution in [2.75, 3.05) is 13.1 Å². The van der Waals surface area contributed by atoms with Crippen LogP contribution < -0.4 is 0 Å². The van der Waals surface area contributed by atoms with Gasteiger partial charge in [0.1, 0.15) is 0 Å². The molecule has 2 aliphatic carbocycles. The molecule has 3 aliphatic rings. The molecule has 3 rings (SSSR count). The molecular formula is C13H23N. The number of likely N-dealkylation sites (tertiary alicyclic amines) is 1. The van der Waals surface area contributed by atoms with Crippen molar-refractivity contribution in [1.29, 1.82) is 0 Å². The van der Waals surface area contributed by atoms with Crippen molar-refractivity contribution >= 4 is 0 Å². The summed E-state index contributed by atoms with van der Waals surface area (Å²) in [4.78, 5) is 2.82. The smallest absolute Gasteiger partial charge is 0.00988 e.